The highest BCUT2D eigenvalue weighted by Crippen LogP contribution is 2.20. The van der Waals surface area contributed by atoms with Crippen molar-refractivity contribution in [3.63, 3.8) is 0 Å². The predicted octanol–water partition coefficient (Wildman–Crippen LogP) is 4.54. The third-order valence-electron chi connectivity index (χ3n) is 1.45. The van der Waals surface area contributed by atoms with Gasteiger partial charge in [-0.25, -0.2) is 4.98 Å². The maximum Gasteiger partial charge on any atom is 0.131 e. The van der Waals surface area contributed by atoms with Crippen LogP contribution in [0.15, 0.2) is 12.1 Å². The van der Waals surface area contributed by atoms with Crippen LogP contribution in [-0.2, 0) is 0 Å². The number of hydrogen-bond donors (Lipinski definition) is 0. The van der Waals surface area contributed by atoms with Crippen LogP contribution in [-0.4, -0.2) is 4.98 Å². The molecule has 74 valence electrons. The van der Waals surface area contributed by atoms with Gasteiger partial charge in [0, 0.05) is 0 Å². The molecular formula is C10H15Cl2N. The van der Waals surface area contributed by atoms with E-state index in [4.69, 9.17) is 23.2 Å². The molecule has 1 nitrogen and oxygen atoms in total. The van der Waals surface area contributed by atoms with Crippen LogP contribution in [0, 0.1) is 0 Å². The molecule has 13 heavy (non-hydrogen) atoms. The van der Waals surface area contributed by atoms with Crippen molar-refractivity contribution < 1.29 is 0 Å². The summed E-state index contributed by atoms with van der Waals surface area (Å²) in [5.41, 5.74) is 1.12. The predicted molar refractivity (Wildman–Crippen MR) is 59.7 cm³/mol. The second-order valence-electron chi connectivity index (χ2n) is 2.70. The molecule has 0 fully saturated rings. The van der Waals surface area contributed by atoms with Crippen LogP contribution in [0.1, 0.15) is 39.2 Å². The van der Waals surface area contributed by atoms with E-state index < -0.39 is 0 Å². The molecule has 1 aromatic heterocycles. The van der Waals surface area contributed by atoms with Crippen molar-refractivity contribution in [2.75, 3.05) is 0 Å². The first-order valence-electron chi connectivity index (χ1n) is 4.42. The third kappa shape index (κ3) is 4.49. The molecule has 1 heterocycles. The molecule has 0 aliphatic carbocycles. The monoisotopic (exact) mass is 219 g/mol. The average Bonchev–Trinajstić information content (AvgIpc) is 2.06. The Bertz CT molecular complexity index is 239. The summed E-state index contributed by atoms with van der Waals surface area (Å²) >= 11 is 11.4. The molecule has 0 atom stereocenters. The van der Waals surface area contributed by atoms with Crippen LogP contribution < -0.4 is 0 Å². The molecule has 1 rings (SSSR count). The summed E-state index contributed by atoms with van der Waals surface area (Å²) in [6.45, 7) is 8.17. The van der Waals surface area contributed by atoms with Crippen molar-refractivity contribution in [2.24, 2.45) is 0 Å². The number of halogens is 2. The Morgan fingerprint density at radius 1 is 1.08 bits per heavy atom. The summed E-state index contributed by atoms with van der Waals surface area (Å²) in [7, 11) is 0. The standard InChI is InChI=1S/C8H9Cl2N.C2H6/c1-5(2)6-3-7(9)11-8(10)4-6;1-2/h3-5H,1-2H3;1-2H3. The fourth-order valence-electron chi connectivity index (χ4n) is 0.817. The zero-order chi connectivity index (χ0) is 10.4. The Morgan fingerprint density at radius 3 is 1.77 bits per heavy atom. The lowest BCUT2D eigenvalue weighted by atomic mass is 10.1. The van der Waals surface area contributed by atoms with Crippen molar-refractivity contribution in [3.05, 3.63) is 28.0 Å². The Labute approximate surface area is 90.1 Å². The Kier molecular flexibility index (Phi) is 6.10. The van der Waals surface area contributed by atoms with Crippen molar-refractivity contribution in [1.82, 2.24) is 4.98 Å². The first-order valence-corrected chi connectivity index (χ1v) is 5.18. The minimum absolute atomic E-state index is 0.438. The summed E-state index contributed by atoms with van der Waals surface area (Å²) in [5.74, 6) is 0.438. The fraction of sp³-hybridized carbons (Fsp3) is 0.500. The van der Waals surface area contributed by atoms with Crippen LogP contribution >= 0.6 is 23.2 Å². The smallest absolute Gasteiger partial charge is 0.131 e. The molecule has 0 N–H and O–H groups in total. The minimum Gasteiger partial charge on any atom is -0.224 e. The molecule has 0 radical (unpaired) electrons. The van der Waals surface area contributed by atoms with Gasteiger partial charge in [-0.2, -0.15) is 0 Å². The summed E-state index contributed by atoms with van der Waals surface area (Å²) in [6.07, 6.45) is 0. The van der Waals surface area contributed by atoms with E-state index in [1.807, 2.05) is 26.0 Å². The summed E-state index contributed by atoms with van der Waals surface area (Å²) in [6, 6.07) is 3.66. The van der Waals surface area contributed by atoms with Gasteiger partial charge >= 0.3 is 0 Å². The molecule has 0 aromatic carbocycles. The molecule has 1 aromatic rings. The molecule has 0 saturated heterocycles. The molecule has 3 heteroatoms. The normalized spacial score (nSPS) is 9.46. The van der Waals surface area contributed by atoms with E-state index >= 15 is 0 Å². The third-order valence-corrected chi connectivity index (χ3v) is 1.84. The molecule has 0 saturated carbocycles. The number of aromatic nitrogens is 1. The molecule has 0 spiro atoms. The minimum atomic E-state index is 0.438. The second kappa shape index (κ2) is 6.22. The Balaban J connectivity index is 0.000000671. The van der Waals surface area contributed by atoms with E-state index in [1.54, 1.807) is 0 Å². The van der Waals surface area contributed by atoms with E-state index in [-0.39, 0.29) is 0 Å². The van der Waals surface area contributed by atoms with Crippen LogP contribution in [0.4, 0.5) is 0 Å². The molecule has 0 aliphatic heterocycles. The first kappa shape index (κ1) is 12.7. The van der Waals surface area contributed by atoms with Gasteiger partial charge in [-0.15, -0.1) is 0 Å². The van der Waals surface area contributed by atoms with E-state index in [1.165, 1.54) is 0 Å². The summed E-state index contributed by atoms with van der Waals surface area (Å²) in [4.78, 5) is 3.85. The zero-order valence-electron chi connectivity index (χ0n) is 8.44. The van der Waals surface area contributed by atoms with Gasteiger partial charge in [-0.3, -0.25) is 0 Å². The van der Waals surface area contributed by atoms with Gasteiger partial charge in [0.15, 0.2) is 0 Å². The van der Waals surface area contributed by atoms with Crippen LogP contribution in [0.2, 0.25) is 10.3 Å². The second-order valence-corrected chi connectivity index (χ2v) is 3.48. The first-order chi connectivity index (χ1) is 6.09. The lowest BCUT2D eigenvalue weighted by Gasteiger charge is -2.04. The quantitative estimate of drug-likeness (QED) is 0.633. The van der Waals surface area contributed by atoms with E-state index in [9.17, 15) is 0 Å². The number of pyridine rings is 1. The SMILES string of the molecule is CC.CC(C)c1cc(Cl)nc(Cl)c1. The van der Waals surface area contributed by atoms with Gasteiger partial charge in [-0.1, -0.05) is 50.9 Å². The van der Waals surface area contributed by atoms with Gasteiger partial charge in [0.05, 0.1) is 0 Å². The van der Waals surface area contributed by atoms with Gasteiger partial charge < -0.3 is 0 Å². The number of nitrogens with zero attached hydrogens (tertiary/aromatic N) is 1. The molecule has 0 unspecified atom stereocenters. The highest BCUT2D eigenvalue weighted by molar-refractivity contribution is 6.32. The highest BCUT2D eigenvalue weighted by Gasteiger charge is 2.02. The molecular weight excluding hydrogens is 205 g/mol. The summed E-state index contributed by atoms with van der Waals surface area (Å²) in [5, 5.41) is 0.919. The van der Waals surface area contributed by atoms with Crippen molar-refractivity contribution >= 4 is 23.2 Å². The average molecular weight is 220 g/mol. The van der Waals surface area contributed by atoms with Crippen LogP contribution in [0.25, 0.3) is 0 Å². The van der Waals surface area contributed by atoms with Crippen LogP contribution in [0.5, 0.6) is 0 Å². The van der Waals surface area contributed by atoms with Gasteiger partial charge in [-0.05, 0) is 23.6 Å². The largest absolute Gasteiger partial charge is 0.224 e. The highest BCUT2D eigenvalue weighted by atomic mass is 35.5. The van der Waals surface area contributed by atoms with E-state index in [2.05, 4.69) is 18.8 Å². The van der Waals surface area contributed by atoms with Gasteiger partial charge in [0.1, 0.15) is 10.3 Å². The molecule has 0 bridgehead atoms. The van der Waals surface area contributed by atoms with Gasteiger partial charge in [0.25, 0.3) is 0 Å². The lowest BCUT2D eigenvalue weighted by molar-refractivity contribution is 0.863. The zero-order valence-corrected chi connectivity index (χ0v) is 9.95. The number of hydrogen-bond acceptors (Lipinski definition) is 1. The van der Waals surface area contributed by atoms with Crippen LogP contribution in [0.3, 0.4) is 0 Å². The number of rotatable bonds is 1. The van der Waals surface area contributed by atoms with Gasteiger partial charge in [0.2, 0.25) is 0 Å². The maximum absolute atomic E-state index is 5.70. The topological polar surface area (TPSA) is 12.9 Å². The molecule has 0 amide bonds. The van der Waals surface area contributed by atoms with Crippen molar-refractivity contribution in [2.45, 2.75) is 33.6 Å². The summed E-state index contributed by atoms with van der Waals surface area (Å²) < 4.78 is 0. The van der Waals surface area contributed by atoms with E-state index in [0.717, 1.165) is 5.56 Å². The maximum atomic E-state index is 5.70. The molecule has 0 aliphatic rings. The van der Waals surface area contributed by atoms with E-state index in [0.29, 0.717) is 16.2 Å². The Morgan fingerprint density at radius 2 is 1.46 bits per heavy atom. The Hall–Kier alpha value is -0.270. The van der Waals surface area contributed by atoms with Crippen molar-refractivity contribution in [1.29, 1.82) is 0 Å². The lowest BCUT2D eigenvalue weighted by Crippen LogP contribution is -1.88. The van der Waals surface area contributed by atoms with Crippen molar-refractivity contribution in [3.8, 4) is 0 Å². The fourth-order valence-corrected chi connectivity index (χ4v) is 1.29.